The monoisotopic (exact) mass is 486 g/mol. The van der Waals surface area contributed by atoms with Gasteiger partial charge in [-0.2, -0.15) is 0 Å². The molecule has 1 aliphatic carbocycles. The smallest absolute Gasteiger partial charge is 0.125 e. The Bertz CT molecular complexity index is 1060. The van der Waals surface area contributed by atoms with Gasteiger partial charge >= 0.3 is 0 Å². The molecule has 0 radical (unpaired) electrons. The van der Waals surface area contributed by atoms with Crippen molar-refractivity contribution in [3.8, 4) is 0 Å². The summed E-state index contributed by atoms with van der Waals surface area (Å²) in [6, 6.07) is 33.4. The maximum absolute atomic E-state index is 16.8. The Morgan fingerprint density at radius 1 is 0.829 bits per heavy atom. The fourth-order valence-electron chi connectivity index (χ4n) is 7.07. The van der Waals surface area contributed by atoms with Crippen molar-refractivity contribution < 1.29 is 9.13 Å². The van der Waals surface area contributed by atoms with E-state index in [0.717, 1.165) is 30.9 Å². The predicted octanol–water partition coefficient (Wildman–Crippen LogP) is 7.48. The van der Waals surface area contributed by atoms with E-state index in [9.17, 15) is 0 Å². The first-order chi connectivity index (χ1) is 16.8. The van der Waals surface area contributed by atoms with Crippen LogP contribution in [0.15, 0.2) is 91.0 Å². The van der Waals surface area contributed by atoms with E-state index in [1.54, 1.807) is 0 Å². The van der Waals surface area contributed by atoms with Gasteiger partial charge in [-0.1, -0.05) is 135 Å². The zero-order valence-corrected chi connectivity index (χ0v) is 22.4. The summed E-state index contributed by atoms with van der Waals surface area (Å²) < 4.78 is 23.8. The molecule has 3 aromatic carbocycles. The summed E-state index contributed by atoms with van der Waals surface area (Å²) in [6.07, 6.45) is 3.92. The second kappa shape index (κ2) is 9.67. The Balaban J connectivity index is 1.60. The Labute approximate surface area is 211 Å². The van der Waals surface area contributed by atoms with E-state index in [-0.39, 0.29) is 23.2 Å². The van der Waals surface area contributed by atoms with Crippen LogP contribution >= 0.6 is 0 Å². The molecule has 1 heterocycles. The minimum Gasteiger partial charge on any atom is -0.370 e. The zero-order chi connectivity index (χ0) is 24.5. The van der Waals surface area contributed by atoms with Gasteiger partial charge in [0.2, 0.25) is 0 Å². The maximum Gasteiger partial charge on any atom is 0.125 e. The highest BCUT2D eigenvalue weighted by molar-refractivity contribution is 7.04. The Hall–Kier alpha value is -2.23. The zero-order valence-electron chi connectivity index (χ0n) is 21.4. The van der Waals surface area contributed by atoms with Crippen LogP contribution < -0.4 is 10.4 Å². The number of rotatable bonds is 5. The standard InChI is InChI=1S/C32H39FOSi/c1-31(2,3)35(27-17-9-5-10-18-27,28-19-11-6-12-20-28)24-26-23-32(33)22-14-13-21-29(32)30(34-26)25-15-7-4-8-16-25/h4-12,15-20,26,29-30H,13-14,21-24H2,1-3H3/t26-,29-,30-,32-/m0/s1. The first kappa shape index (κ1) is 24.5. The fourth-order valence-corrected chi connectivity index (χ4v) is 12.7. The van der Waals surface area contributed by atoms with Crippen LogP contribution in [-0.2, 0) is 4.74 Å². The van der Waals surface area contributed by atoms with Gasteiger partial charge in [-0.05, 0) is 29.5 Å². The van der Waals surface area contributed by atoms with Gasteiger partial charge in [0.15, 0.2) is 0 Å². The number of hydrogen-bond donors (Lipinski definition) is 0. The van der Waals surface area contributed by atoms with Crippen molar-refractivity contribution in [2.75, 3.05) is 0 Å². The lowest BCUT2D eigenvalue weighted by atomic mass is 9.68. The average molecular weight is 487 g/mol. The maximum atomic E-state index is 16.8. The minimum atomic E-state index is -2.35. The van der Waals surface area contributed by atoms with Crippen LogP contribution in [0.5, 0.6) is 0 Å². The summed E-state index contributed by atoms with van der Waals surface area (Å²) in [5, 5.41) is 2.86. The van der Waals surface area contributed by atoms with Crippen molar-refractivity contribution in [2.24, 2.45) is 5.92 Å². The van der Waals surface area contributed by atoms with Crippen LogP contribution in [0.1, 0.15) is 64.5 Å². The molecular formula is C32H39FOSi. The third-order valence-corrected chi connectivity index (χ3v) is 15.0. The van der Waals surface area contributed by atoms with Crippen molar-refractivity contribution in [3.05, 3.63) is 96.6 Å². The fraction of sp³-hybridized carbons (Fsp3) is 0.438. The lowest BCUT2D eigenvalue weighted by Gasteiger charge is -2.52. The van der Waals surface area contributed by atoms with E-state index < -0.39 is 13.7 Å². The minimum absolute atomic E-state index is 0.0359. The summed E-state index contributed by atoms with van der Waals surface area (Å²) in [4.78, 5) is 0. The van der Waals surface area contributed by atoms with E-state index in [2.05, 4.69) is 106 Å². The van der Waals surface area contributed by atoms with Gasteiger partial charge in [-0.25, -0.2) is 4.39 Å². The molecule has 1 nitrogen and oxygen atoms in total. The second-order valence-electron chi connectivity index (χ2n) is 11.8. The molecule has 0 amide bonds. The molecule has 4 atom stereocenters. The van der Waals surface area contributed by atoms with Gasteiger partial charge in [0.25, 0.3) is 0 Å². The Morgan fingerprint density at radius 2 is 1.37 bits per heavy atom. The van der Waals surface area contributed by atoms with Crippen LogP contribution in [0.25, 0.3) is 0 Å². The van der Waals surface area contributed by atoms with E-state index in [1.165, 1.54) is 10.4 Å². The molecule has 184 valence electrons. The lowest BCUT2D eigenvalue weighted by molar-refractivity contribution is -0.167. The number of ether oxygens (including phenoxy) is 1. The number of benzene rings is 3. The molecule has 0 unspecified atom stereocenters. The average Bonchev–Trinajstić information content (AvgIpc) is 2.87. The van der Waals surface area contributed by atoms with E-state index in [1.807, 2.05) is 6.07 Å². The Kier molecular flexibility index (Phi) is 6.76. The number of halogens is 1. The van der Waals surface area contributed by atoms with Gasteiger partial charge in [-0.15, -0.1) is 0 Å². The van der Waals surface area contributed by atoms with Crippen LogP contribution in [0.4, 0.5) is 4.39 Å². The summed E-state index contributed by atoms with van der Waals surface area (Å²) in [5.41, 5.74) is -0.0128. The van der Waals surface area contributed by atoms with E-state index in [0.29, 0.717) is 12.8 Å². The molecule has 0 spiro atoms. The first-order valence-corrected chi connectivity index (χ1v) is 15.5. The second-order valence-corrected chi connectivity index (χ2v) is 16.6. The molecule has 1 saturated heterocycles. The van der Waals surface area contributed by atoms with Gasteiger partial charge in [0.1, 0.15) is 13.7 Å². The van der Waals surface area contributed by atoms with Crippen LogP contribution in [-0.4, -0.2) is 19.8 Å². The van der Waals surface area contributed by atoms with Crippen molar-refractivity contribution in [1.29, 1.82) is 0 Å². The van der Waals surface area contributed by atoms with Crippen molar-refractivity contribution >= 4 is 18.4 Å². The van der Waals surface area contributed by atoms with Gasteiger partial charge in [0.05, 0.1) is 12.2 Å². The highest BCUT2D eigenvalue weighted by atomic mass is 28.3. The normalized spacial score (nSPS) is 27.3. The largest absolute Gasteiger partial charge is 0.370 e. The summed E-state index contributed by atoms with van der Waals surface area (Å²) in [6.45, 7) is 7.14. The van der Waals surface area contributed by atoms with E-state index >= 15 is 4.39 Å². The number of fused-ring (bicyclic) bond motifs is 1. The lowest BCUT2D eigenvalue weighted by Crippen LogP contribution is -2.66. The number of hydrogen-bond acceptors (Lipinski definition) is 1. The number of alkyl halides is 1. The molecule has 0 bridgehead atoms. The van der Waals surface area contributed by atoms with Crippen molar-refractivity contribution in [3.63, 3.8) is 0 Å². The molecular weight excluding hydrogens is 447 g/mol. The van der Waals surface area contributed by atoms with Gasteiger partial charge in [0, 0.05) is 12.3 Å². The predicted molar refractivity (Wildman–Crippen MR) is 147 cm³/mol. The molecule has 2 aliphatic rings. The molecule has 0 aromatic heterocycles. The van der Waals surface area contributed by atoms with Gasteiger partial charge < -0.3 is 4.74 Å². The Morgan fingerprint density at radius 3 is 1.91 bits per heavy atom. The molecule has 1 saturated carbocycles. The highest BCUT2D eigenvalue weighted by Gasteiger charge is 2.55. The molecule has 0 N–H and O–H groups in total. The highest BCUT2D eigenvalue weighted by Crippen LogP contribution is 2.54. The molecule has 35 heavy (non-hydrogen) atoms. The molecule has 1 aliphatic heterocycles. The van der Waals surface area contributed by atoms with Crippen molar-refractivity contribution in [1.82, 2.24) is 0 Å². The topological polar surface area (TPSA) is 9.23 Å². The summed E-state index contributed by atoms with van der Waals surface area (Å²) in [5.74, 6) is -0.0472. The molecule has 3 aromatic rings. The quantitative estimate of drug-likeness (QED) is 0.340. The van der Waals surface area contributed by atoms with Crippen LogP contribution in [0.3, 0.4) is 0 Å². The summed E-state index contributed by atoms with van der Waals surface area (Å²) in [7, 11) is -2.35. The third-order valence-electron chi connectivity index (χ3n) is 8.77. The third kappa shape index (κ3) is 4.54. The summed E-state index contributed by atoms with van der Waals surface area (Å²) >= 11 is 0. The van der Waals surface area contributed by atoms with Crippen LogP contribution in [0.2, 0.25) is 11.1 Å². The van der Waals surface area contributed by atoms with Crippen LogP contribution in [0, 0.1) is 5.92 Å². The first-order valence-electron chi connectivity index (χ1n) is 13.3. The molecule has 3 heteroatoms. The van der Waals surface area contributed by atoms with E-state index in [4.69, 9.17) is 4.74 Å². The molecule has 5 rings (SSSR count). The molecule has 2 fully saturated rings. The van der Waals surface area contributed by atoms with Crippen molar-refractivity contribution in [2.45, 2.75) is 81.8 Å². The van der Waals surface area contributed by atoms with Gasteiger partial charge in [-0.3, -0.25) is 0 Å². The SMILES string of the molecule is CC(C)(C)[Si](C[C@@H]1C[C@@]2(F)CCCC[C@H]2[C@H](c2ccccc2)O1)(c1ccccc1)c1ccccc1.